The van der Waals surface area contributed by atoms with Gasteiger partial charge in [-0.15, -0.1) is 0 Å². The molecule has 0 saturated heterocycles. The molecule has 32 heavy (non-hydrogen) atoms. The van der Waals surface area contributed by atoms with Gasteiger partial charge in [-0.25, -0.2) is 13.2 Å². The topological polar surface area (TPSA) is 91.6 Å². The number of fused-ring (bicyclic) bond motifs is 4. The molecular formula is C22H20F3N3O4. The van der Waals surface area contributed by atoms with Crippen LogP contribution in [0.15, 0.2) is 35.0 Å². The molecule has 10 heteroatoms. The lowest BCUT2D eigenvalue weighted by Crippen LogP contribution is -2.48. The number of hydrogen-bond donors (Lipinski definition) is 2. The second-order valence-electron chi connectivity index (χ2n) is 7.98. The van der Waals surface area contributed by atoms with Gasteiger partial charge in [-0.1, -0.05) is 0 Å². The van der Waals surface area contributed by atoms with E-state index in [1.165, 1.54) is 29.4 Å². The molecule has 2 aliphatic heterocycles. The normalized spacial score (nSPS) is 19.8. The fraction of sp³-hybridized carbons (Fsp3) is 0.318. The van der Waals surface area contributed by atoms with Gasteiger partial charge >= 0.3 is 0 Å². The molecule has 7 nitrogen and oxygen atoms in total. The molecule has 1 aromatic heterocycles. The Hall–Kier alpha value is -3.56. The summed E-state index contributed by atoms with van der Waals surface area (Å²) in [5, 5.41) is 12.7. The van der Waals surface area contributed by atoms with E-state index < -0.39 is 64.6 Å². The maximum absolute atomic E-state index is 14.2. The van der Waals surface area contributed by atoms with Crippen LogP contribution in [0.2, 0.25) is 0 Å². The van der Waals surface area contributed by atoms with Crippen molar-refractivity contribution in [2.75, 3.05) is 6.54 Å². The Bertz CT molecular complexity index is 1210. The van der Waals surface area contributed by atoms with Crippen LogP contribution in [0.3, 0.4) is 0 Å². The molecule has 2 amide bonds. The molecule has 2 aliphatic rings. The van der Waals surface area contributed by atoms with Crippen LogP contribution in [0, 0.1) is 18.6 Å². The van der Waals surface area contributed by atoms with E-state index in [2.05, 4.69) is 5.32 Å². The number of halogens is 3. The summed E-state index contributed by atoms with van der Waals surface area (Å²) in [4.78, 5) is 39.3. The lowest BCUT2D eigenvalue weighted by molar-refractivity contribution is 0.0607. The van der Waals surface area contributed by atoms with Crippen molar-refractivity contribution in [3.8, 4) is 5.75 Å². The zero-order valence-electron chi connectivity index (χ0n) is 17.3. The van der Waals surface area contributed by atoms with E-state index in [-0.39, 0.29) is 24.2 Å². The summed E-state index contributed by atoms with van der Waals surface area (Å²) in [6.07, 6.45) is 2.63. The number of allylic oxidation sites excluding steroid dienone is 1. The lowest BCUT2D eigenvalue weighted by Gasteiger charge is -2.37. The van der Waals surface area contributed by atoms with Gasteiger partial charge in [0.05, 0.1) is 12.1 Å². The maximum Gasteiger partial charge on any atom is 0.275 e. The van der Waals surface area contributed by atoms with Crippen LogP contribution in [-0.2, 0) is 6.54 Å². The predicted octanol–water partition coefficient (Wildman–Crippen LogP) is 2.71. The number of nitrogens with zero attached hydrogens (tertiary/aromatic N) is 2. The Kier molecular flexibility index (Phi) is 5.31. The monoisotopic (exact) mass is 447 g/mol. The van der Waals surface area contributed by atoms with E-state index in [1.54, 1.807) is 0 Å². The van der Waals surface area contributed by atoms with E-state index in [4.69, 9.17) is 0 Å². The molecule has 0 unspecified atom stereocenters. The number of amides is 2. The minimum Gasteiger partial charge on any atom is -0.503 e. The Morgan fingerprint density at radius 3 is 2.53 bits per heavy atom. The zero-order valence-corrected chi connectivity index (χ0v) is 17.3. The number of aromatic nitrogens is 1. The molecular weight excluding hydrogens is 427 g/mol. The van der Waals surface area contributed by atoms with Gasteiger partial charge in [0.15, 0.2) is 11.4 Å². The minimum absolute atomic E-state index is 0.125. The van der Waals surface area contributed by atoms with Crippen molar-refractivity contribution in [3.05, 3.63) is 74.5 Å². The van der Waals surface area contributed by atoms with Crippen LogP contribution in [0.4, 0.5) is 13.2 Å². The summed E-state index contributed by atoms with van der Waals surface area (Å²) in [6.45, 7) is 2.62. The van der Waals surface area contributed by atoms with Crippen molar-refractivity contribution in [2.45, 2.75) is 38.9 Å². The fourth-order valence-electron chi connectivity index (χ4n) is 4.07. The van der Waals surface area contributed by atoms with Crippen molar-refractivity contribution >= 4 is 11.8 Å². The first kappa shape index (κ1) is 21.7. The third-order valence-electron chi connectivity index (χ3n) is 5.88. The first-order valence-corrected chi connectivity index (χ1v) is 9.97. The summed E-state index contributed by atoms with van der Waals surface area (Å²) < 4.78 is 43.6. The lowest BCUT2D eigenvalue weighted by atomic mass is 10.1. The number of aromatic hydroxyl groups is 1. The fourth-order valence-corrected chi connectivity index (χ4v) is 4.07. The Balaban J connectivity index is 1.69. The molecule has 168 valence electrons. The van der Waals surface area contributed by atoms with Gasteiger partial charge in [-0.2, -0.15) is 0 Å². The highest BCUT2D eigenvalue weighted by atomic mass is 19.1. The number of pyridine rings is 1. The largest absolute Gasteiger partial charge is 0.503 e. The van der Waals surface area contributed by atoms with E-state index in [9.17, 15) is 32.7 Å². The van der Waals surface area contributed by atoms with E-state index in [1.807, 2.05) is 0 Å². The average Bonchev–Trinajstić information content (AvgIpc) is 2.85. The summed E-state index contributed by atoms with van der Waals surface area (Å²) in [6, 6.07) is 0.865. The summed E-state index contributed by atoms with van der Waals surface area (Å²) in [5.74, 6) is -4.83. The van der Waals surface area contributed by atoms with E-state index in [0.717, 1.165) is 18.3 Å². The highest BCUT2D eigenvalue weighted by Crippen LogP contribution is 2.34. The quantitative estimate of drug-likeness (QED) is 0.757. The van der Waals surface area contributed by atoms with Gasteiger partial charge < -0.3 is 19.9 Å². The molecule has 0 fully saturated rings. The van der Waals surface area contributed by atoms with Crippen LogP contribution >= 0.6 is 0 Å². The number of aryl methyl sites for hydroxylation is 1. The third kappa shape index (κ3) is 3.45. The summed E-state index contributed by atoms with van der Waals surface area (Å²) in [5.41, 5.74) is -1.94. The van der Waals surface area contributed by atoms with Crippen molar-refractivity contribution in [2.24, 2.45) is 0 Å². The van der Waals surface area contributed by atoms with Crippen LogP contribution in [0.25, 0.3) is 0 Å². The predicted molar refractivity (Wildman–Crippen MR) is 108 cm³/mol. The maximum atomic E-state index is 14.2. The van der Waals surface area contributed by atoms with Crippen molar-refractivity contribution in [1.29, 1.82) is 0 Å². The van der Waals surface area contributed by atoms with Gasteiger partial charge in [0.2, 0.25) is 5.43 Å². The second-order valence-corrected chi connectivity index (χ2v) is 7.98. The molecule has 1 aromatic carbocycles. The molecule has 2 aromatic rings. The second kappa shape index (κ2) is 7.85. The molecule has 2 N–H and O–H groups in total. The number of benzene rings is 1. The number of rotatable bonds is 3. The smallest absolute Gasteiger partial charge is 0.275 e. The summed E-state index contributed by atoms with van der Waals surface area (Å²) >= 11 is 0. The van der Waals surface area contributed by atoms with E-state index >= 15 is 0 Å². The molecule has 0 radical (unpaired) electrons. The van der Waals surface area contributed by atoms with Crippen LogP contribution in [0.1, 0.15) is 51.4 Å². The Morgan fingerprint density at radius 2 is 1.88 bits per heavy atom. The SMILES string of the molecule is Cc1cc(F)c(CNC(=O)c2cn3c(c(O)c2=O)C(=O)N2C[C@@H]3CC=C(F)[C@@H]2C)c(F)c1. The highest BCUT2D eigenvalue weighted by molar-refractivity contribution is 5.99. The van der Waals surface area contributed by atoms with Gasteiger partial charge in [0.1, 0.15) is 23.0 Å². The Labute approximate surface area is 180 Å². The highest BCUT2D eigenvalue weighted by Gasteiger charge is 2.39. The van der Waals surface area contributed by atoms with Gasteiger partial charge in [0, 0.05) is 24.8 Å². The molecule has 0 spiro atoms. The Morgan fingerprint density at radius 1 is 1.22 bits per heavy atom. The minimum atomic E-state index is -1.10. The van der Waals surface area contributed by atoms with Gasteiger partial charge in [-0.3, -0.25) is 14.4 Å². The molecule has 0 saturated carbocycles. The van der Waals surface area contributed by atoms with Crippen LogP contribution in [-0.4, -0.2) is 39.0 Å². The average molecular weight is 447 g/mol. The first-order valence-electron chi connectivity index (χ1n) is 9.97. The zero-order chi connectivity index (χ0) is 23.3. The number of carbonyl (C=O) groups is 2. The molecule has 2 atom stereocenters. The van der Waals surface area contributed by atoms with Crippen molar-refractivity contribution in [1.82, 2.24) is 14.8 Å². The number of carbonyl (C=O) groups excluding carboxylic acids is 2. The molecule has 3 heterocycles. The molecule has 2 bridgehead atoms. The standard InChI is InChI=1S/C22H20F3N3O4/c1-10-5-16(24)13(17(25)6-10)7-26-21(31)14-9-28-12-3-4-15(23)11(2)27(8-12)22(32)18(28)20(30)19(14)29/h4-6,9,11-12,30H,3,7-8H2,1-2H3,(H,26,31)/t11-,12-/m0/s1. The first-order chi connectivity index (χ1) is 15.1. The van der Waals surface area contributed by atoms with Crippen LogP contribution in [0.5, 0.6) is 5.75 Å². The molecule has 0 aliphatic carbocycles. The van der Waals surface area contributed by atoms with E-state index in [0.29, 0.717) is 5.56 Å². The van der Waals surface area contributed by atoms with Gasteiger partial charge in [-0.05, 0) is 44.0 Å². The van der Waals surface area contributed by atoms with Crippen molar-refractivity contribution in [3.63, 3.8) is 0 Å². The van der Waals surface area contributed by atoms with Crippen molar-refractivity contribution < 1.29 is 27.9 Å². The van der Waals surface area contributed by atoms with Crippen LogP contribution < -0.4 is 10.7 Å². The summed E-state index contributed by atoms with van der Waals surface area (Å²) in [7, 11) is 0. The van der Waals surface area contributed by atoms with Gasteiger partial charge in [0.25, 0.3) is 11.8 Å². The third-order valence-corrected chi connectivity index (χ3v) is 5.88. The number of hydrogen-bond acceptors (Lipinski definition) is 4. The number of nitrogens with one attached hydrogen (secondary N) is 1. The molecule has 4 rings (SSSR count).